The van der Waals surface area contributed by atoms with E-state index in [1.165, 1.54) is 12.1 Å². The highest BCUT2D eigenvalue weighted by Gasteiger charge is 2.28. The molecule has 1 radical (unpaired) electrons. The Balaban J connectivity index is 2.55. The first-order chi connectivity index (χ1) is 5.97. The molecule has 2 nitrogen and oxygen atoms in total. The maximum Gasteiger partial charge on any atom is 0.422 e. The van der Waals surface area contributed by atoms with Crippen LogP contribution in [-0.2, 0) is 0 Å². The predicted octanol–water partition coefficient (Wildman–Crippen LogP) is 2.13. The fraction of sp³-hybridized carbons (Fsp3) is 0.250. The lowest BCUT2D eigenvalue weighted by atomic mass is 10.3. The van der Waals surface area contributed by atoms with Gasteiger partial charge < -0.3 is 9.84 Å². The molecule has 0 aliphatic carbocycles. The number of phenolic OH excluding ortho intramolecular Hbond substituents is 1. The average Bonchev–Trinajstić information content (AvgIpc) is 2.00. The van der Waals surface area contributed by atoms with E-state index in [2.05, 4.69) is 10.8 Å². The minimum atomic E-state index is -4.38. The molecule has 13 heavy (non-hydrogen) atoms. The van der Waals surface area contributed by atoms with Gasteiger partial charge in [-0.05, 0) is 12.1 Å². The summed E-state index contributed by atoms with van der Waals surface area (Å²) < 4.78 is 39.2. The molecule has 0 heterocycles. The smallest absolute Gasteiger partial charge is 0.422 e. The quantitative estimate of drug-likeness (QED) is 0.775. The summed E-state index contributed by atoms with van der Waals surface area (Å²) >= 11 is 0. The summed E-state index contributed by atoms with van der Waals surface area (Å²) in [5.74, 6) is -0.284. The van der Waals surface area contributed by atoms with Gasteiger partial charge in [-0.25, -0.2) is 0 Å². The van der Waals surface area contributed by atoms with Gasteiger partial charge in [0.2, 0.25) is 0 Å². The zero-order chi connectivity index (χ0) is 9.90. The number of ether oxygens (including phenoxy) is 1. The van der Waals surface area contributed by atoms with Crippen LogP contribution in [0, 0.1) is 6.07 Å². The fourth-order valence-corrected chi connectivity index (χ4v) is 0.676. The molecular weight excluding hydrogens is 185 g/mol. The van der Waals surface area contributed by atoms with Gasteiger partial charge in [-0.3, -0.25) is 0 Å². The summed E-state index contributed by atoms with van der Waals surface area (Å²) in [6.07, 6.45) is -4.38. The van der Waals surface area contributed by atoms with Crippen molar-refractivity contribution >= 4 is 0 Å². The van der Waals surface area contributed by atoms with Crippen LogP contribution < -0.4 is 4.74 Å². The molecule has 1 N–H and O–H groups in total. The summed E-state index contributed by atoms with van der Waals surface area (Å²) in [4.78, 5) is 0. The summed E-state index contributed by atoms with van der Waals surface area (Å²) in [5.41, 5.74) is 0. The molecule has 0 fully saturated rings. The monoisotopic (exact) mass is 191 g/mol. The van der Waals surface area contributed by atoms with Crippen molar-refractivity contribution in [2.24, 2.45) is 0 Å². The minimum absolute atomic E-state index is 0.127. The normalized spacial score (nSPS) is 11.3. The van der Waals surface area contributed by atoms with Crippen molar-refractivity contribution in [3.63, 3.8) is 0 Å². The zero-order valence-electron chi connectivity index (χ0n) is 6.43. The van der Waals surface area contributed by atoms with Crippen molar-refractivity contribution in [1.82, 2.24) is 0 Å². The van der Waals surface area contributed by atoms with E-state index < -0.39 is 12.8 Å². The second-order valence-corrected chi connectivity index (χ2v) is 2.31. The molecule has 1 rings (SSSR count). The highest BCUT2D eigenvalue weighted by molar-refractivity contribution is 5.30. The largest absolute Gasteiger partial charge is 0.508 e. The summed E-state index contributed by atoms with van der Waals surface area (Å²) in [6, 6.07) is 6.03. The molecule has 0 atom stereocenters. The third kappa shape index (κ3) is 3.68. The highest BCUT2D eigenvalue weighted by atomic mass is 19.4. The Labute approximate surface area is 72.6 Å². The molecule has 0 spiro atoms. The number of hydrogen-bond acceptors (Lipinski definition) is 2. The van der Waals surface area contributed by atoms with E-state index in [9.17, 15) is 13.2 Å². The number of rotatable bonds is 2. The van der Waals surface area contributed by atoms with Crippen molar-refractivity contribution < 1.29 is 23.0 Å². The van der Waals surface area contributed by atoms with E-state index >= 15 is 0 Å². The van der Waals surface area contributed by atoms with Crippen molar-refractivity contribution in [2.45, 2.75) is 6.18 Å². The maximum atomic E-state index is 11.6. The summed E-state index contributed by atoms with van der Waals surface area (Å²) in [6.45, 7) is -1.38. The van der Waals surface area contributed by atoms with Gasteiger partial charge in [-0.2, -0.15) is 13.2 Å². The Hall–Kier alpha value is -1.39. The Morgan fingerprint density at radius 1 is 1.46 bits per heavy atom. The molecule has 0 unspecified atom stereocenters. The van der Waals surface area contributed by atoms with E-state index in [1.807, 2.05) is 0 Å². The molecule has 1 aromatic rings. The number of alkyl halides is 3. The predicted molar refractivity (Wildman–Crippen MR) is 38.5 cm³/mol. The standard InChI is InChI=1S/C8H6F3O2/c9-8(10,11)5-13-7-3-1-2-6(12)4-7/h1-2,4,12H,5H2. The Morgan fingerprint density at radius 2 is 2.15 bits per heavy atom. The summed E-state index contributed by atoms with van der Waals surface area (Å²) in [7, 11) is 0. The number of phenols is 1. The van der Waals surface area contributed by atoms with Crippen LogP contribution >= 0.6 is 0 Å². The first kappa shape index (κ1) is 9.70. The lowest BCUT2D eigenvalue weighted by Crippen LogP contribution is -2.19. The molecule has 1 aromatic carbocycles. The second-order valence-electron chi connectivity index (χ2n) is 2.31. The van der Waals surface area contributed by atoms with E-state index in [1.54, 1.807) is 0 Å². The van der Waals surface area contributed by atoms with Crippen LogP contribution in [0.5, 0.6) is 11.5 Å². The van der Waals surface area contributed by atoms with Gasteiger partial charge in [0.25, 0.3) is 0 Å². The van der Waals surface area contributed by atoms with Gasteiger partial charge in [0.1, 0.15) is 11.5 Å². The van der Waals surface area contributed by atoms with Gasteiger partial charge in [-0.1, -0.05) is 0 Å². The lowest BCUT2D eigenvalue weighted by molar-refractivity contribution is -0.153. The fourth-order valence-electron chi connectivity index (χ4n) is 0.676. The van der Waals surface area contributed by atoms with E-state index in [0.717, 1.165) is 6.07 Å². The van der Waals surface area contributed by atoms with Gasteiger partial charge in [0.05, 0.1) is 0 Å². The van der Waals surface area contributed by atoms with Crippen LogP contribution in [0.15, 0.2) is 18.2 Å². The van der Waals surface area contributed by atoms with Crippen molar-refractivity contribution in [2.75, 3.05) is 6.61 Å². The van der Waals surface area contributed by atoms with Crippen LogP contribution in [0.1, 0.15) is 0 Å². The van der Waals surface area contributed by atoms with Gasteiger partial charge in [0, 0.05) is 12.1 Å². The van der Waals surface area contributed by atoms with E-state index in [-0.39, 0.29) is 11.5 Å². The Kier molecular flexibility index (Phi) is 2.65. The minimum Gasteiger partial charge on any atom is -0.508 e. The first-order valence-electron chi connectivity index (χ1n) is 3.37. The van der Waals surface area contributed by atoms with Crippen LogP contribution in [0.2, 0.25) is 0 Å². The topological polar surface area (TPSA) is 29.5 Å². The molecule has 0 saturated carbocycles. The van der Waals surface area contributed by atoms with Crippen molar-refractivity contribution in [3.8, 4) is 11.5 Å². The van der Waals surface area contributed by atoms with Crippen LogP contribution in [0.4, 0.5) is 13.2 Å². The zero-order valence-corrected chi connectivity index (χ0v) is 6.43. The Morgan fingerprint density at radius 3 is 2.69 bits per heavy atom. The number of aromatic hydroxyl groups is 1. The summed E-state index contributed by atoms with van der Waals surface area (Å²) in [5, 5.41) is 8.86. The van der Waals surface area contributed by atoms with E-state index in [4.69, 9.17) is 5.11 Å². The van der Waals surface area contributed by atoms with Crippen molar-refractivity contribution in [3.05, 3.63) is 24.3 Å². The molecular formula is C8H6F3O2. The van der Waals surface area contributed by atoms with Crippen molar-refractivity contribution in [1.29, 1.82) is 0 Å². The highest BCUT2D eigenvalue weighted by Crippen LogP contribution is 2.20. The van der Waals surface area contributed by atoms with Crippen LogP contribution in [-0.4, -0.2) is 17.9 Å². The molecule has 5 heteroatoms. The molecule has 0 saturated heterocycles. The number of benzene rings is 1. The average molecular weight is 191 g/mol. The molecule has 0 bridgehead atoms. The maximum absolute atomic E-state index is 11.6. The number of halogens is 3. The van der Waals surface area contributed by atoms with Crippen LogP contribution in [0.25, 0.3) is 0 Å². The molecule has 0 aliphatic rings. The first-order valence-corrected chi connectivity index (χ1v) is 3.37. The third-order valence-electron chi connectivity index (χ3n) is 1.15. The van der Waals surface area contributed by atoms with Crippen LogP contribution in [0.3, 0.4) is 0 Å². The number of hydrogen-bond donors (Lipinski definition) is 1. The Bertz CT molecular complexity index is 283. The molecule has 0 aromatic heterocycles. The van der Waals surface area contributed by atoms with Gasteiger partial charge in [-0.15, -0.1) is 0 Å². The molecule has 0 aliphatic heterocycles. The third-order valence-corrected chi connectivity index (χ3v) is 1.15. The van der Waals surface area contributed by atoms with E-state index in [0.29, 0.717) is 0 Å². The second kappa shape index (κ2) is 3.55. The lowest BCUT2D eigenvalue weighted by Gasteiger charge is -2.08. The molecule has 0 amide bonds. The molecule has 71 valence electrons. The van der Waals surface area contributed by atoms with Gasteiger partial charge in [0.15, 0.2) is 6.61 Å². The SMILES string of the molecule is Oc1cc[c]c(OCC(F)(F)F)c1. The van der Waals surface area contributed by atoms with Gasteiger partial charge >= 0.3 is 6.18 Å².